The quantitative estimate of drug-likeness (QED) is 0.736. The molecular formula is C13H26O2. The monoisotopic (exact) mass is 214 g/mol. The maximum absolute atomic E-state index is 10.0. The fourth-order valence-corrected chi connectivity index (χ4v) is 2.04. The van der Waals surface area contributed by atoms with Crippen LogP contribution < -0.4 is 0 Å². The van der Waals surface area contributed by atoms with Gasteiger partial charge in [-0.3, -0.25) is 0 Å². The SMILES string of the molecule is CCC(C)(C)C(O)CCCC1CCCO1. The van der Waals surface area contributed by atoms with Gasteiger partial charge in [-0.2, -0.15) is 0 Å². The summed E-state index contributed by atoms with van der Waals surface area (Å²) in [6.07, 6.45) is 6.91. The minimum atomic E-state index is -0.163. The van der Waals surface area contributed by atoms with Crippen molar-refractivity contribution in [1.29, 1.82) is 0 Å². The van der Waals surface area contributed by atoms with Crippen molar-refractivity contribution in [3.8, 4) is 0 Å². The summed E-state index contributed by atoms with van der Waals surface area (Å²) in [5, 5.41) is 10.0. The van der Waals surface area contributed by atoms with E-state index in [9.17, 15) is 5.11 Å². The third-order valence-corrected chi connectivity index (χ3v) is 3.84. The molecule has 2 unspecified atom stereocenters. The minimum Gasteiger partial charge on any atom is -0.393 e. The summed E-state index contributed by atoms with van der Waals surface area (Å²) in [6, 6.07) is 0. The van der Waals surface area contributed by atoms with E-state index in [4.69, 9.17) is 4.74 Å². The highest BCUT2D eigenvalue weighted by Crippen LogP contribution is 2.28. The van der Waals surface area contributed by atoms with Crippen molar-refractivity contribution < 1.29 is 9.84 Å². The molecule has 0 aromatic heterocycles. The zero-order valence-corrected chi connectivity index (χ0v) is 10.5. The highest BCUT2D eigenvalue weighted by molar-refractivity contribution is 4.76. The molecule has 0 aromatic rings. The molecule has 2 heteroatoms. The van der Waals surface area contributed by atoms with Gasteiger partial charge in [-0.05, 0) is 43.9 Å². The summed E-state index contributed by atoms with van der Waals surface area (Å²) in [4.78, 5) is 0. The molecule has 0 aliphatic carbocycles. The first-order chi connectivity index (χ1) is 7.06. The molecule has 2 nitrogen and oxygen atoms in total. The Labute approximate surface area is 94.0 Å². The van der Waals surface area contributed by atoms with Gasteiger partial charge in [-0.25, -0.2) is 0 Å². The van der Waals surface area contributed by atoms with Gasteiger partial charge >= 0.3 is 0 Å². The van der Waals surface area contributed by atoms with Gasteiger partial charge < -0.3 is 9.84 Å². The second-order valence-corrected chi connectivity index (χ2v) is 5.42. The molecule has 1 aliphatic heterocycles. The van der Waals surface area contributed by atoms with Gasteiger partial charge in [-0.1, -0.05) is 20.8 Å². The third kappa shape index (κ3) is 4.12. The summed E-state index contributed by atoms with van der Waals surface area (Å²) < 4.78 is 5.57. The van der Waals surface area contributed by atoms with E-state index in [-0.39, 0.29) is 11.5 Å². The van der Waals surface area contributed by atoms with Gasteiger partial charge in [-0.15, -0.1) is 0 Å². The molecule has 90 valence electrons. The third-order valence-electron chi connectivity index (χ3n) is 3.84. The molecule has 1 saturated heterocycles. The largest absolute Gasteiger partial charge is 0.393 e. The molecule has 0 bridgehead atoms. The summed E-state index contributed by atoms with van der Waals surface area (Å²) >= 11 is 0. The van der Waals surface area contributed by atoms with E-state index in [1.54, 1.807) is 0 Å². The van der Waals surface area contributed by atoms with Crippen LogP contribution >= 0.6 is 0 Å². The normalized spacial score (nSPS) is 24.4. The van der Waals surface area contributed by atoms with E-state index in [1.165, 1.54) is 12.8 Å². The average molecular weight is 214 g/mol. The summed E-state index contributed by atoms with van der Waals surface area (Å²) in [5.41, 5.74) is 0.0660. The van der Waals surface area contributed by atoms with Crippen LogP contribution in [-0.4, -0.2) is 23.9 Å². The molecule has 1 aliphatic rings. The Morgan fingerprint density at radius 3 is 2.73 bits per heavy atom. The van der Waals surface area contributed by atoms with Gasteiger partial charge in [0.1, 0.15) is 0 Å². The molecule has 0 aromatic carbocycles. The van der Waals surface area contributed by atoms with E-state index in [1.807, 2.05) is 0 Å². The van der Waals surface area contributed by atoms with Crippen molar-refractivity contribution in [3.05, 3.63) is 0 Å². The lowest BCUT2D eigenvalue weighted by molar-refractivity contribution is 0.0329. The van der Waals surface area contributed by atoms with Crippen LogP contribution in [0.3, 0.4) is 0 Å². The lowest BCUT2D eigenvalue weighted by Gasteiger charge is -2.29. The van der Waals surface area contributed by atoms with Crippen LogP contribution in [0.5, 0.6) is 0 Å². The van der Waals surface area contributed by atoms with Crippen molar-refractivity contribution in [2.75, 3.05) is 6.61 Å². The zero-order chi connectivity index (χ0) is 11.3. The van der Waals surface area contributed by atoms with Crippen LogP contribution in [0, 0.1) is 5.41 Å². The van der Waals surface area contributed by atoms with Crippen molar-refractivity contribution in [3.63, 3.8) is 0 Å². The van der Waals surface area contributed by atoms with Crippen LogP contribution in [0.25, 0.3) is 0 Å². The van der Waals surface area contributed by atoms with Gasteiger partial charge in [0, 0.05) is 6.61 Å². The average Bonchev–Trinajstić information content (AvgIpc) is 2.70. The van der Waals surface area contributed by atoms with E-state index in [0.717, 1.165) is 32.3 Å². The van der Waals surface area contributed by atoms with E-state index in [0.29, 0.717) is 6.10 Å². The van der Waals surface area contributed by atoms with Crippen LogP contribution in [-0.2, 0) is 4.74 Å². The Hall–Kier alpha value is -0.0800. The van der Waals surface area contributed by atoms with E-state index in [2.05, 4.69) is 20.8 Å². The van der Waals surface area contributed by atoms with Crippen molar-refractivity contribution in [2.24, 2.45) is 5.41 Å². The molecule has 0 saturated carbocycles. The first kappa shape index (κ1) is 13.0. The van der Waals surface area contributed by atoms with Crippen molar-refractivity contribution in [2.45, 2.75) is 71.5 Å². The first-order valence-corrected chi connectivity index (χ1v) is 6.36. The summed E-state index contributed by atoms with van der Waals surface area (Å²) in [5.74, 6) is 0. The number of aliphatic hydroxyl groups is 1. The van der Waals surface area contributed by atoms with Crippen molar-refractivity contribution >= 4 is 0 Å². The molecule has 0 radical (unpaired) electrons. The molecule has 1 N–H and O–H groups in total. The summed E-state index contributed by atoms with van der Waals surface area (Å²) in [7, 11) is 0. The van der Waals surface area contributed by atoms with E-state index >= 15 is 0 Å². The number of aliphatic hydroxyl groups excluding tert-OH is 1. The molecule has 0 amide bonds. The number of hydrogen-bond donors (Lipinski definition) is 1. The van der Waals surface area contributed by atoms with Crippen LogP contribution in [0.1, 0.15) is 59.3 Å². The van der Waals surface area contributed by atoms with Crippen molar-refractivity contribution in [1.82, 2.24) is 0 Å². The predicted molar refractivity (Wildman–Crippen MR) is 62.9 cm³/mol. The highest BCUT2D eigenvalue weighted by Gasteiger charge is 2.25. The fourth-order valence-electron chi connectivity index (χ4n) is 2.04. The molecule has 1 fully saturated rings. The van der Waals surface area contributed by atoms with Gasteiger partial charge in [0.2, 0.25) is 0 Å². The smallest absolute Gasteiger partial charge is 0.0591 e. The second-order valence-electron chi connectivity index (χ2n) is 5.42. The molecule has 15 heavy (non-hydrogen) atoms. The zero-order valence-electron chi connectivity index (χ0n) is 10.5. The van der Waals surface area contributed by atoms with Crippen LogP contribution in [0.15, 0.2) is 0 Å². The fraction of sp³-hybridized carbons (Fsp3) is 1.00. The molecule has 1 rings (SSSR count). The Morgan fingerprint density at radius 1 is 1.47 bits per heavy atom. The number of ether oxygens (including phenoxy) is 1. The first-order valence-electron chi connectivity index (χ1n) is 6.36. The molecular weight excluding hydrogens is 188 g/mol. The van der Waals surface area contributed by atoms with Crippen LogP contribution in [0.4, 0.5) is 0 Å². The lowest BCUT2D eigenvalue weighted by Crippen LogP contribution is -2.28. The second kappa shape index (κ2) is 5.86. The number of rotatable bonds is 6. The molecule has 1 heterocycles. The standard InChI is InChI=1S/C13H26O2/c1-4-13(2,3)12(14)9-5-7-11-8-6-10-15-11/h11-12,14H,4-10H2,1-3H3. The topological polar surface area (TPSA) is 29.5 Å². The summed E-state index contributed by atoms with van der Waals surface area (Å²) in [6.45, 7) is 7.37. The highest BCUT2D eigenvalue weighted by atomic mass is 16.5. The minimum absolute atomic E-state index is 0.0660. The molecule has 0 spiro atoms. The maximum atomic E-state index is 10.0. The lowest BCUT2D eigenvalue weighted by atomic mass is 9.81. The number of hydrogen-bond acceptors (Lipinski definition) is 2. The van der Waals surface area contributed by atoms with Gasteiger partial charge in [0.15, 0.2) is 0 Å². The predicted octanol–water partition coefficient (Wildman–Crippen LogP) is 3.13. The Morgan fingerprint density at radius 2 is 2.20 bits per heavy atom. The maximum Gasteiger partial charge on any atom is 0.0591 e. The Bertz CT molecular complexity index is 171. The Balaban J connectivity index is 2.13. The molecule has 2 atom stereocenters. The Kier molecular flexibility index (Phi) is 5.07. The van der Waals surface area contributed by atoms with E-state index < -0.39 is 0 Å². The van der Waals surface area contributed by atoms with Crippen LogP contribution in [0.2, 0.25) is 0 Å². The van der Waals surface area contributed by atoms with Gasteiger partial charge in [0.05, 0.1) is 12.2 Å². The van der Waals surface area contributed by atoms with Gasteiger partial charge in [0.25, 0.3) is 0 Å².